The lowest BCUT2D eigenvalue weighted by atomic mass is 9.94. The van der Waals surface area contributed by atoms with E-state index in [0.717, 1.165) is 59.8 Å². The molecule has 0 saturated carbocycles. The van der Waals surface area contributed by atoms with E-state index in [1.54, 1.807) is 0 Å². The third kappa shape index (κ3) is 5.28. The van der Waals surface area contributed by atoms with Gasteiger partial charge in [0, 0.05) is 67.5 Å². The van der Waals surface area contributed by atoms with E-state index >= 15 is 0 Å². The highest BCUT2D eigenvalue weighted by atomic mass is 16.5. The number of carbonyl (C=O) groups is 1. The van der Waals surface area contributed by atoms with E-state index < -0.39 is 0 Å². The molecule has 1 saturated heterocycles. The Kier molecular flexibility index (Phi) is 6.77. The largest absolute Gasteiger partial charge is 0.461 e. The average Bonchev–Trinajstić information content (AvgIpc) is 2.88. The molecule has 0 spiro atoms. The fraction of sp³-hybridized carbons (Fsp3) is 0.286. The standard InChI is InChI=1S/C28H32N6O2/c1-19(35)36-18-22-7-6-21-17-30-28(32-27(21)26(22)20-4-3-5-23(29)16-20)31-24-8-10-25(11-9-24)34-14-12-33(2)13-15-34/h3-11,16-17,28,31-32H,12-15,18,29H2,1-2H3. The number of hydrogen-bond acceptors (Lipinski definition) is 8. The number of fused-ring (bicyclic) bond motifs is 1. The van der Waals surface area contributed by atoms with Crippen molar-refractivity contribution in [2.24, 2.45) is 4.99 Å². The molecule has 2 aliphatic rings. The molecule has 0 aliphatic carbocycles. The second kappa shape index (κ2) is 10.3. The van der Waals surface area contributed by atoms with E-state index in [4.69, 9.17) is 10.5 Å². The zero-order valence-electron chi connectivity index (χ0n) is 20.7. The summed E-state index contributed by atoms with van der Waals surface area (Å²) >= 11 is 0. The van der Waals surface area contributed by atoms with Gasteiger partial charge in [-0.2, -0.15) is 0 Å². The van der Waals surface area contributed by atoms with Gasteiger partial charge < -0.3 is 30.9 Å². The van der Waals surface area contributed by atoms with Crippen LogP contribution in [0.4, 0.5) is 22.7 Å². The summed E-state index contributed by atoms with van der Waals surface area (Å²) < 4.78 is 5.35. The number of rotatable bonds is 6. The average molecular weight is 485 g/mol. The van der Waals surface area contributed by atoms with Crippen molar-refractivity contribution in [3.05, 3.63) is 71.8 Å². The molecule has 186 valence electrons. The van der Waals surface area contributed by atoms with Crippen molar-refractivity contribution in [3.8, 4) is 11.1 Å². The Hall–Kier alpha value is -4.04. The van der Waals surface area contributed by atoms with Crippen LogP contribution in [0.5, 0.6) is 0 Å². The summed E-state index contributed by atoms with van der Waals surface area (Å²) in [4.78, 5) is 20.9. The van der Waals surface area contributed by atoms with Crippen molar-refractivity contribution in [3.63, 3.8) is 0 Å². The Morgan fingerprint density at radius 2 is 1.89 bits per heavy atom. The van der Waals surface area contributed by atoms with Crippen LogP contribution in [-0.2, 0) is 16.1 Å². The minimum absolute atomic E-state index is 0.178. The molecule has 3 aromatic rings. The topological polar surface area (TPSA) is 95.2 Å². The van der Waals surface area contributed by atoms with E-state index in [9.17, 15) is 4.79 Å². The first-order valence-electron chi connectivity index (χ1n) is 12.2. The van der Waals surface area contributed by atoms with Crippen LogP contribution in [0.1, 0.15) is 18.1 Å². The second-order valence-electron chi connectivity index (χ2n) is 9.28. The monoisotopic (exact) mass is 484 g/mol. The van der Waals surface area contributed by atoms with Gasteiger partial charge >= 0.3 is 5.97 Å². The molecule has 8 heteroatoms. The van der Waals surface area contributed by atoms with Crippen molar-refractivity contribution in [2.45, 2.75) is 19.8 Å². The summed E-state index contributed by atoms with van der Waals surface area (Å²) in [5.41, 5.74) is 13.7. The predicted molar refractivity (Wildman–Crippen MR) is 147 cm³/mol. The molecule has 4 N–H and O–H groups in total. The maximum atomic E-state index is 11.5. The van der Waals surface area contributed by atoms with Gasteiger partial charge in [-0.05, 0) is 54.6 Å². The number of nitrogens with one attached hydrogen (secondary N) is 2. The Morgan fingerprint density at radius 3 is 2.61 bits per heavy atom. The number of hydrogen-bond donors (Lipinski definition) is 3. The van der Waals surface area contributed by atoms with Crippen LogP contribution in [0.2, 0.25) is 0 Å². The molecular weight excluding hydrogens is 452 g/mol. The Labute approximate surface area is 211 Å². The van der Waals surface area contributed by atoms with Crippen molar-refractivity contribution in [1.82, 2.24) is 4.90 Å². The molecule has 0 aromatic heterocycles. The normalized spacial score (nSPS) is 17.3. The smallest absolute Gasteiger partial charge is 0.302 e. The van der Waals surface area contributed by atoms with Crippen LogP contribution in [0.3, 0.4) is 0 Å². The molecule has 8 nitrogen and oxygen atoms in total. The fourth-order valence-corrected chi connectivity index (χ4v) is 4.64. The molecular formula is C28H32N6O2. The molecule has 0 radical (unpaired) electrons. The maximum absolute atomic E-state index is 11.5. The van der Waals surface area contributed by atoms with E-state index in [0.29, 0.717) is 5.69 Å². The molecule has 1 unspecified atom stereocenters. The van der Waals surface area contributed by atoms with Gasteiger partial charge in [0.15, 0.2) is 6.29 Å². The van der Waals surface area contributed by atoms with Crippen LogP contribution >= 0.6 is 0 Å². The number of esters is 1. The number of nitrogen functional groups attached to an aromatic ring is 1. The summed E-state index contributed by atoms with van der Waals surface area (Å²) in [6.45, 7) is 5.83. The lowest BCUT2D eigenvalue weighted by Crippen LogP contribution is -2.44. The highest BCUT2D eigenvalue weighted by molar-refractivity contribution is 5.98. The quantitative estimate of drug-likeness (QED) is 0.360. The van der Waals surface area contributed by atoms with Gasteiger partial charge in [0.05, 0.1) is 5.69 Å². The Bertz CT molecular complexity index is 1270. The first kappa shape index (κ1) is 23.7. The van der Waals surface area contributed by atoms with Gasteiger partial charge in [-0.15, -0.1) is 0 Å². The van der Waals surface area contributed by atoms with Crippen LogP contribution in [0, 0.1) is 0 Å². The Balaban J connectivity index is 1.38. The van der Waals surface area contributed by atoms with Crippen LogP contribution in [0.25, 0.3) is 11.1 Å². The van der Waals surface area contributed by atoms with E-state index in [2.05, 4.69) is 56.7 Å². The van der Waals surface area contributed by atoms with E-state index in [1.165, 1.54) is 12.6 Å². The number of likely N-dealkylation sites (N-methyl/N-ethyl adjacent to an activating group) is 1. The lowest BCUT2D eigenvalue weighted by Gasteiger charge is -2.34. The third-order valence-corrected chi connectivity index (χ3v) is 6.61. The lowest BCUT2D eigenvalue weighted by molar-refractivity contribution is -0.142. The van der Waals surface area contributed by atoms with Gasteiger partial charge in [0.1, 0.15) is 6.61 Å². The van der Waals surface area contributed by atoms with Gasteiger partial charge in [-0.3, -0.25) is 4.79 Å². The summed E-state index contributed by atoms with van der Waals surface area (Å²) in [6, 6.07) is 20.2. The molecule has 2 heterocycles. The summed E-state index contributed by atoms with van der Waals surface area (Å²) in [5.74, 6) is -0.319. The molecule has 1 atom stereocenters. The minimum atomic E-state index is -0.351. The molecule has 0 amide bonds. The van der Waals surface area contributed by atoms with Crippen molar-refractivity contribution < 1.29 is 9.53 Å². The number of nitrogens with zero attached hydrogens (tertiary/aromatic N) is 3. The minimum Gasteiger partial charge on any atom is -0.461 e. The molecule has 2 aliphatic heterocycles. The zero-order valence-corrected chi connectivity index (χ0v) is 20.7. The highest BCUT2D eigenvalue weighted by Crippen LogP contribution is 2.37. The SMILES string of the molecule is CC(=O)OCc1ccc2c(c1-c1cccc(N)c1)NC(Nc1ccc(N3CCN(C)CC3)cc1)N=C2. The van der Waals surface area contributed by atoms with Crippen LogP contribution in [-0.4, -0.2) is 56.6 Å². The van der Waals surface area contributed by atoms with Crippen molar-refractivity contribution >= 4 is 34.9 Å². The van der Waals surface area contributed by atoms with E-state index in [1.807, 2.05) is 42.6 Å². The second-order valence-corrected chi connectivity index (χ2v) is 9.28. The van der Waals surface area contributed by atoms with Crippen molar-refractivity contribution in [2.75, 3.05) is 54.5 Å². The summed E-state index contributed by atoms with van der Waals surface area (Å²) in [5, 5.41) is 7.01. The zero-order chi connectivity index (χ0) is 25.1. The van der Waals surface area contributed by atoms with E-state index in [-0.39, 0.29) is 18.9 Å². The van der Waals surface area contributed by atoms with Gasteiger partial charge in [-0.1, -0.05) is 24.3 Å². The Morgan fingerprint density at radius 1 is 1.11 bits per heavy atom. The first-order chi connectivity index (χ1) is 17.5. The van der Waals surface area contributed by atoms with Gasteiger partial charge in [-0.25, -0.2) is 4.99 Å². The molecule has 1 fully saturated rings. The van der Waals surface area contributed by atoms with Gasteiger partial charge in [0.25, 0.3) is 0 Å². The summed E-state index contributed by atoms with van der Waals surface area (Å²) in [6.07, 6.45) is 1.52. The summed E-state index contributed by atoms with van der Waals surface area (Å²) in [7, 11) is 2.16. The predicted octanol–water partition coefficient (Wildman–Crippen LogP) is 3.99. The number of aliphatic imine (C=N–C) groups is 1. The first-order valence-corrected chi connectivity index (χ1v) is 12.2. The van der Waals surface area contributed by atoms with Gasteiger partial charge in [0.2, 0.25) is 0 Å². The molecule has 5 rings (SSSR count). The number of carbonyl (C=O) groups excluding carboxylic acids is 1. The number of anilines is 4. The highest BCUT2D eigenvalue weighted by Gasteiger charge is 2.21. The third-order valence-electron chi connectivity index (χ3n) is 6.61. The maximum Gasteiger partial charge on any atom is 0.302 e. The molecule has 0 bridgehead atoms. The van der Waals surface area contributed by atoms with Crippen LogP contribution in [0.15, 0.2) is 65.7 Å². The molecule has 36 heavy (non-hydrogen) atoms. The fourth-order valence-electron chi connectivity index (χ4n) is 4.64. The number of nitrogens with two attached hydrogens (primary N) is 1. The number of piperazine rings is 1. The number of ether oxygens (including phenoxy) is 1. The van der Waals surface area contributed by atoms with Crippen LogP contribution < -0.4 is 21.3 Å². The molecule has 3 aromatic carbocycles. The number of benzene rings is 3. The van der Waals surface area contributed by atoms with Crippen molar-refractivity contribution in [1.29, 1.82) is 0 Å².